The number of guanidine groups is 1. The minimum Gasteiger partial charge on any atom is -0.357 e. The normalized spacial score (nSPS) is 12.2. The van der Waals surface area contributed by atoms with Crippen molar-refractivity contribution in [2.24, 2.45) is 4.99 Å². The first-order chi connectivity index (χ1) is 11.0. The van der Waals surface area contributed by atoms with Gasteiger partial charge in [0.05, 0.1) is 11.4 Å². The van der Waals surface area contributed by atoms with Crippen LogP contribution >= 0.6 is 0 Å². The van der Waals surface area contributed by atoms with Crippen LogP contribution in [0.3, 0.4) is 0 Å². The van der Waals surface area contributed by atoms with Crippen LogP contribution in [0.1, 0.15) is 26.7 Å². The summed E-state index contributed by atoms with van der Waals surface area (Å²) < 4.78 is 26.8. The average molecular weight is 340 g/mol. The maximum Gasteiger partial charge on any atom is 0.240 e. The van der Waals surface area contributed by atoms with Crippen molar-refractivity contribution >= 4 is 16.0 Å². The Morgan fingerprint density at radius 2 is 1.91 bits per heavy atom. The Labute approximate surface area is 140 Å². The van der Waals surface area contributed by atoms with Crippen molar-refractivity contribution in [1.82, 2.24) is 14.9 Å². The van der Waals surface area contributed by atoms with E-state index in [2.05, 4.69) is 26.9 Å². The molecule has 0 spiro atoms. The number of rotatable bonds is 9. The average Bonchev–Trinajstić information content (AvgIpc) is 2.56. The highest BCUT2D eigenvalue weighted by atomic mass is 32.2. The summed E-state index contributed by atoms with van der Waals surface area (Å²) in [4.78, 5) is 6.81. The first-order valence-electron chi connectivity index (χ1n) is 8.05. The van der Waals surface area contributed by atoms with Crippen LogP contribution in [-0.2, 0) is 10.0 Å². The van der Waals surface area contributed by atoms with Crippen LogP contribution in [0.5, 0.6) is 0 Å². The molecule has 0 aliphatic carbocycles. The van der Waals surface area contributed by atoms with Gasteiger partial charge in [0.15, 0.2) is 5.96 Å². The van der Waals surface area contributed by atoms with Crippen LogP contribution in [0.4, 0.5) is 0 Å². The van der Waals surface area contributed by atoms with Crippen molar-refractivity contribution < 1.29 is 8.42 Å². The number of unbranched alkanes of at least 4 members (excludes halogenated alkanes) is 1. The maximum atomic E-state index is 12.1. The van der Waals surface area contributed by atoms with E-state index in [0.717, 1.165) is 31.9 Å². The zero-order valence-corrected chi connectivity index (χ0v) is 15.1. The summed E-state index contributed by atoms with van der Waals surface area (Å²) in [5.74, 6) is 0.805. The molecule has 0 bridgehead atoms. The third-order valence-corrected chi connectivity index (χ3v) is 4.74. The van der Waals surface area contributed by atoms with Gasteiger partial charge >= 0.3 is 0 Å². The minimum atomic E-state index is -3.46. The fourth-order valence-corrected chi connectivity index (χ4v) is 3.04. The number of hydrogen-bond acceptors (Lipinski definition) is 3. The molecule has 0 aliphatic rings. The molecule has 0 heterocycles. The van der Waals surface area contributed by atoms with Gasteiger partial charge < -0.3 is 10.2 Å². The van der Waals surface area contributed by atoms with Gasteiger partial charge in [-0.15, -0.1) is 0 Å². The van der Waals surface area contributed by atoms with Crippen LogP contribution in [0.2, 0.25) is 0 Å². The van der Waals surface area contributed by atoms with Crippen LogP contribution in [0.25, 0.3) is 0 Å². The molecule has 0 saturated heterocycles. The van der Waals surface area contributed by atoms with Gasteiger partial charge in [-0.05, 0) is 25.5 Å². The van der Waals surface area contributed by atoms with Crippen molar-refractivity contribution in [3.05, 3.63) is 30.3 Å². The van der Waals surface area contributed by atoms with E-state index < -0.39 is 10.0 Å². The summed E-state index contributed by atoms with van der Waals surface area (Å²) in [6.45, 7) is 6.54. The Hall–Kier alpha value is -1.60. The van der Waals surface area contributed by atoms with Gasteiger partial charge in [-0.2, -0.15) is 0 Å². The molecule has 0 saturated carbocycles. The maximum absolute atomic E-state index is 12.1. The molecule has 0 unspecified atom stereocenters. The van der Waals surface area contributed by atoms with Crippen molar-refractivity contribution in [1.29, 1.82) is 0 Å². The summed E-state index contributed by atoms with van der Waals surface area (Å²) in [5, 5.41) is 3.22. The van der Waals surface area contributed by atoms with Gasteiger partial charge in [-0.25, -0.2) is 13.1 Å². The van der Waals surface area contributed by atoms with Crippen LogP contribution in [-0.4, -0.2) is 52.5 Å². The molecule has 1 aromatic carbocycles. The van der Waals surface area contributed by atoms with E-state index >= 15 is 0 Å². The number of benzene rings is 1. The Balaban J connectivity index is 2.54. The van der Waals surface area contributed by atoms with Gasteiger partial charge in [0, 0.05) is 26.7 Å². The highest BCUT2D eigenvalue weighted by Crippen LogP contribution is 2.06. The van der Waals surface area contributed by atoms with Gasteiger partial charge in [0.25, 0.3) is 0 Å². The lowest BCUT2D eigenvalue weighted by molar-refractivity contribution is 0.465. The zero-order valence-electron chi connectivity index (χ0n) is 14.2. The van der Waals surface area contributed by atoms with E-state index in [-0.39, 0.29) is 11.4 Å². The van der Waals surface area contributed by atoms with Gasteiger partial charge in [0.2, 0.25) is 10.0 Å². The fraction of sp³-hybridized carbons (Fsp3) is 0.562. The summed E-state index contributed by atoms with van der Waals surface area (Å²) in [7, 11) is -1.47. The van der Waals surface area contributed by atoms with E-state index in [1.807, 2.05) is 14.0 Å². The molecule has 0 aromatic heterocycles. The molecule has 6 nitrogen and oxygen atoms in total. The fourth-order valence-electron chi connectivity index (χ4n) is 2.00. The molecule has 7 heteroatoms. The molecule has 0 atom stereocenters. The molecule has 0 amide bonds. The van der Waals surface area contributed by atoms with E-state index in [1.54, 1.807) is 30.3 Å². The largest absolute Gasteiger partial charge is 0.357 e. The lowest BCUT2D eigenvalue weighted by atomic mass is 10.3. The van der Waals surface area contributed by atoms with Gasteiger partial charge in [0.1, 0.15) is 0 Å². The summed E-state index contributed by atoms with van der Waals surface area (Å²) >= 11 is 0. The number of hydrogen-bond donors (Lipinski definition) is 2. The number of aliphatic imine (C=N–C) groups is 1. The molecule has 2 N–H and O–H groups in total. The Bertz CT molecular complexity index is 573. The topological polar surface area (TPSA) is 73.8 Å². The Morgan fingerprint density at radius 1 is 1.22 bits per heavy atom. The second-order valence-electron chi connectivity index (χ2n) is 5.22. The van der Waals surface area contributed by atoms with Crippen LogP contribution < -0.4 is 10.0 Å². The molecule has 130 valence electrons. The number of nitrogens with zero attached hydrogens (tertiary/aromatic N) is 2. The van der Waals surface area contributed by atoms with Crippen molar-refractivity contribution in [2.75, 3.05) is 33.2 Å². The highest BCUT2D eigenvalue weighted by Gasteiger charge is 2.12. The predicted molar refractivity (Wildman–Crippen MR) is 95.1 cm³/mol. The standard InChI is InChI=1S/C16H28N4O2S/c1-4-6-14-20(3)16(17-5-2)18-12-13-19-23(21,22)15-10-8-7-9-11-15/h7-11,19H,4-6,12-14H2,1-3H3,(H,17,18). The van der Waals surface area contributed by atoms with Crippen molar-refractivity contribution in [3.63, 3.8) is 0 Å². The lowest BCUT2D eigenvalue weighted by Gasteiger charge is -2.21. The first-order valence-corrected chi connectivity index (χ1v) is 9.53. The zero-order chi connectivity index (χ0) is 17.1. The van der Waals surface area contributed by atoms with E-state index in [9.17, 15) is 8.42 Å². The van der Waals surface area contributed by atoms with Gasteiger partial charge in [-0.1, -0.05) is 31.5 Å². The molecule has 0 radical (unpaired) electrons. The monoisotopic (exact) mass is 340 g/mol. The lowest BCUT2D eigenvalue weighted by Crippen LogP contribution is -2.40. The number of sulfonamides is 1. The molecule has 0 aliphatic heterocycles. The van der Waals surface area contributed by atoms with E-state index in [1.165, 1.54) is 0 Å². The molecule has 0 fully saturated rings. The van der Waals surface area contributed by atoms with E-state index in [0.29, 0.717) is 6.54 Å². The van der Waals surface area contributed by atoms with Crippen molar-refractivity contribution in [2.45, 2.75) is 31.6 Å². The Morgan fingerprint density at radius 3 is 2.52 bits per heavy atom. The molecule has 23 heavy (non-hydrogen) atoms. The summed E-state index contributed by atoms with van der Waals surface area (Å²) in [6, 6.07) is 8.36. The second kappa shape index (κ2) is 10.2. The van der Waals surface area contributed by atoms with Gasteiger partial charge in [-0.3, -0.25) is 4.99 Å². The van der Waals surface area contributed by atoms with E-state index in [4.69, 9.17) is 0 Å². The quantitative estimate of drug-likeness (QED) is 0.407. The minimum absolute atomic E-state index is 0.272. The Kier molecular flexibility index (Phi) is 8.65. The predicted octanol–water partition coefficient (Wildman–Crippen LogP) is 1.66. The molecule has 1 rings (SSSR count). The summed E-state index contributed by atoms with van der Waals surface area (Å²) in [6.07, 6.45) is 2.22. The SMILES string of the molecule is CCCCN(C)C(=NCCNS(=O)(=O)c1ccccc1)NCC. The van der Waals surface area contributed by atoms with Crippen LogP contribution in [0, 0.1) is 0 Å². The third kappa shape index (κ3) is 7.00. The highest BCUT2D eigenvalue weighted by molar-refractivity contribution is 7.89. The number of nitrogens with one attached hydrogen (secondary N) is 2. The summed E-state index contributed by atoms with van der Waals surface area (Å²) in [5.41, 5.74) is 0. The molecular weight excluding hydrogens is 312 g/mol. The third-order valence-electron chi connectivity index (χ3n) is 3.26. The molecular formula is C16H28N4O2S. The van der Waals surface area contributed by atoms with Crippen LogP contribution in [0.15, 0.2) is 40.2 Å². The first kappa shape index (κ1) is 19.4. The second-order valence-corrected chi connectivity index (χ2v) is 6.99. The smallest absolute Gasteiger partial charge is 0.240 e. The molecule has 1 aromatic rings. The van der Waals surface area contributed by atoms with Crippen molar-refractivity contribution in [3.8, 4) is 0 Å².